The first-order valence-corrected chi connectivity index (χ1v) is 11.1. The van der Waals surface area contributed by atoms with E-state index in [1.165, 1.54) is 4.90 Å². The Morgan fingerprint density at radius 2 is 1.76 bits per heavy atom. The molecule has 0 radical (unpaired) electrons. The van der Waals surface area contributed by atoms with Crippen LogP contribution in [0.2, 0.25) is 0 Å². The molecule has 2 unspecified atom stereocenters. The summed E-state index contributed by atoms with van der Waals surface area (Å²) in [5, 5.41) is 11.3. The Morgan fingerprint density at radius 3 is 2.44 bits per heavy atom. The van der Waals surface area contributed by atoms with E-state index in [2.05, 4.69) is 4.98 Å². The molecule has 1 N–H and O–H groups in total. The Kier molecular flexibility index (Phi) is 5.32. The summed E-state index contributed by atoms with van der Waals surface area (Å²) >= 11 is 0. The maximum absolute atomic E-state index is 13.3. The van der Waals surface area contributed by atoms with E-state index in [1.807, 2.05) is 56.3 Å². The molecule has 1 aromatic heterocycles. The summed E-state index contributed by atoms with van der Waals surface area (Å²) in [5.41, 5.74) is 3.73. The van der Waals surface area contributed by atoms with Crippen LogP contribution >= 0.6 is 0 Å². The minimum Gasteiger partial charge on any atom is -0.507 e. The second-order valence-corrected chi connectivity index (χ2v) is 8.82. The van der Waals surface area contributed by atoms with Crippen molar-refractivity contribution >= 4 is 28.8 Å². The molecule has 1 saturated heterocycles. The maximum atomic E-state index is 13.3. The highest BCUT2D eigenvalue weighted by molar-refractivity contribution is 6.51. The minimum atomic E-state index is -0.781. The molecule has 1 amide bonds. The molecule has 172 valence electrons. The minimum absolute atomic E-state index is 0.0554. The number of aliphatic hydroxyl groups excluding tert-OH is 1. The van der Waals surface area contributed by atoms with Gasteiger partial charge in [-0.1, -0.05) is 0 Å². The summed E-state index contributed by atoms with van der Waals surface area (Å²) < 4.78 is 5.76. The lowest BCUT2D eigenvalue weighted by Crippen LogP contribution is -2.29. The van der Waals surface area contributed by atoms with E-state index in [0.717, 1.165) is 23.4 Å². The van der Waals surface area contributed by atoms with Crippen LogP contribution in [-0.2, 0) is 16.0 Å². The number of nitrogens with zero attached hydrogens (tertiary/aromatic N) is 3. The van der Waals surface area contributed by atoms with Crippen molar-refractivity contribution in [1.29, 1.82) is 0 Å². The average Bonchev–Trinajstić information content (AvgIpc) is 3.34. The van der Waals surface area contributed by atoms with Crippen LogP contribution in [0.3, 0.4) is 0 Å². The number of anilines is 2. The number of aliphatic hydroxyl groups is 1. The summed E-state index contributed by atoms with van der Waals surface area (Å²) in [6.07, 6.45) is 3.99. The number of ketones is 1. The third-order valence-electron chi connectivity index (χ3n) is 6.28. The molecule has 2 aliphatic heterocycles. The summed E-state index contributed by atoms with van der Waals surface area (Å²) in [4.78, 5) is 34.0. The van der Waals surface area contributed by atoms with Crippen LogP contribution in [0.4, 0.5) is 11.4 Å². The number of ether oxygens (including phenoxy) is 1. The fraction of sp³-hybridized carbons (Fsp3) is 0.222. The van der Waals surface area contributed by atoms with E-state index >= 15 is 0 Å². The Bertz CT molecular complexity index is 1300. The topological polar surface area (TPSA) is 83.0 Å². The van der Waals surface area contributed by atoms with Crippen LogP contribution in [0.25, 0.3) is 5.76 Å². The quantitative estimate of drug-likeness (QED) is 0.362. The zero-order valence-corrected chi connectivity index (χ0v) is 19.2. The number of amides is 1. The highest BCUT2D eigenvalue weighted by Crippen LogP contribution is 2.43. The van der Waals surface area contributed by atoms with Gasteiger partial charge in [-0.3, -0.25) is 19.5 Å². The molecule has 3 heterocycles. The van der Waals surface area contributed by atoms with Crippen molar-refractivity contribution in [2.45, 2.75) is 25.5 Å². The summed E-state index contributed by atoms with van der Waals surface area (Å²) in [6, 6.07) is 15.5. The molecule has 2 atom stereocenters. The standard InChI is InChI=1S/C27H25N3O4/c1-16-14-19-15-18(4-9-22(19)34-16)25(31)23-24(17-10-12-28-13-11-17)30(27(33)26(23)32)21-7-5-20(6-8-21)29(2)3/h4-13,15-16,24,31H,14H2,1-3H3/b25-23-. The first kappa shape index (κ1) is 21.7. The smallest absolute Gasteiger partial charge is 0.300 e. The third-order valence-corrected chi connectivity index (χ3v) is 6.28. The molecular weight excluding hydrogens is 430 g/mol. The van der Waals surface area contributed by atoms with Crippen molar-refractivity contribution in [2.24, 2.45) is 0 Å². The van der Waals surface area contributed by atoms with Crippen LogP contribution < -0.4 is 14.5 Å². The maximum Gasteiger partial charge on any atom is 0.300 e. The van der Waals surface area contributed by atoms with E-state index in [9.17, 15) is 14.7 Å². The Labute approximate surface area is 197 Å². The second kappa shape index (κ2) is 8.33. The van der Waals surface area contributed by atoms with Gasteiger partial charge in [-0.25, -0.2) is 0 Å². The SMILES string of the molecule is CC1Cc2cc(/C(O)=C3/C(=O)C(=O)N(c4ccc(N(C)C)cc4)C3c3ccncc3)ccc2O1. The lowest BCUT2D eigenvalue weighted by atomic mass is 9.95. The number of aromatic nitrogens is 1. The van der Waals surface area contributed by atoms with Gasteiger partial charge in [0.15, 0.2) is 0 Å². The molecule has 2 aromatic carbocycles. The van der Waals surface area contributed by atoms with Crippen molar-refractivity contribution in [1.82, 2.24) is 4.98 Å². The fourth-order valence-electron chi connectivity index (χ4n) is 4.60. The predicted octanol–water partition coefficient (Wildman–Crippen LogP) is 4.10. The lowest BCUT2D eigenvalue weighted by molar-refractivity contribution is -0.132. The van der Waals surface area contributed by atoms with E-state index in [-0.39, 0.29) is 17.4 Å². The van der Waals surface area contributed by atoms with Crippen LogP contribution in [0.1, 0.15) is 29.7 Å². The molecular formula is C27H25N3O4. The van der Waals surface area contributed by atoms with E-state index in [0.29, 0.717) is 16.8 Å². The number of rotatable bonds is 4. The monoisotopic (exact) mass is 455 g/mol. The van der Waals surface area contributed by atoms with Gasteiger partial charge in [0.25, 0.3) is 11.7 Å². The van der Waals surface area contributed by atoms with Gasteiger partial charge in [0.1, 0.15) is 17.6 Å². The fourth-order valence-corrected chi connectivity index (χ4v) is 4.60. The van der Waals surface area contributed by atoms with Crippen molar-refractivity contribution in [3.8, 4) is 5.75 Å². The van der Waals surface area contributed by atoms with Gasteiger partial charge in [0.2, 0.25) is 0 Å². The van der Waals surface area contributed by atoms with E-state index < -0.39 is 17.7 Å². The highest BCUT2D eigenvalue weighted by Gasteiger charge is 2.47. The van der Waals surface area contributed by atoms with Crippen molar-refractivity contribution < 1.29 is 19.4 Å². The number of pyridine rings is 1. The number of carbonyl (C=O) groups excluding carboxylic acids is 2. The molecule has 1 fully saturated rings. The predicted molar refractivity (Wildman–Crippen MR) is 130 cm³/mol. The zero-order chi connectivity index (χ0) is 24.0. The van der Waals surface area contributed by atoms with Gasteiger partial charge in [0.05, 0.1) is 11.6 Å². The van der Waals surface area contributed by atoms with Crippen LogP contribution in [-0.4, -0.2) is 42.0 Å². The van der Waals surface area contributed by atoms with Crippen LogP contribution in [0, 0.1) is 0 Å². The first-order valence-electron chi connectivity index (χ1n) is 11.1. The molecule has 2 aliphatic rings. The number of hydrogen-bond donors (Lipinski definition) is 1. The molecule has 7 nitrogen and oxygen atoms in total. The summed E-state index contributed by atoms with van der Waals surface area (Å²) in [6.45, 7) is 1.98. The summed E-state index contributed by atoms with van der Waals surface area (Å²) in [7, 11) is 3.86. The molecule has 34 heavy (non-hydrogen) atoms. The third kappa shape index (κ3) is 3.59. The molecule has 0 aliphatic carbocycles. The molecule has 0 bridgehead atoms. The number of hydrogen-bond acceptors (Lipinski definition) is 6. The molecule has 0 spiro atoms. The van der Waals surface area contributed by atoms with Crippen molar-refractivity contribution in [3.05, 3.63) is 89.3 Å². The van der Waals surface area contributed by atoms with Crippen LogP contribution in [0.5, 0.6) is 5.75 Å². The normalized spacial score (nSPS) is 20.9. The molecule has 7 heteroatoms. The summed E-state index contributed by atoms with van der Waals surface area (Å²) in [5.74, 6) is -0.828. The van der Waals surface area contributed by atoms with E-state index in [1.54, 1.807) is 36.7 Å². The van der Waals surface area contributed by atoms with Gasteiger partial charge in [-0.05, 0) is 72.6 Å². The average molecular weight is 456 g/mol. The van der Waals surface area contributed by atoms with E-state index in [4.69, 9.17) is 4.74 Å². The first-order chi connectivity index (χ1) is 16.3. The van der Waals surface area contributed by atoms with Crippen LogP contribution in [0.15, 0.2) is 72.6 Å². The number of benzene rings is 2. The van der Waals surface area contributed by atoms with Gasteiger partial charge in [-0.15, -0.1) is 0 Å². The Balaban J connectivity index is 1.65. The van der Waals surface area contributed by atoms with Crippen molar-refractivity contribution in [3.63, 3.8) is 0 Å². The van der Waals surface area contributed by atoms with Gasteiger partial charge >= 0.3 is 0 Å². The zero-order valence-electron chi connectivity index (χ0n) is 19.2. The lowest BCUT2D eigenvalue weighted by Gasteiger charge is -2.26. The Hall–Kier alpha value is -4.13. The number of carbonyl (C=O) groups is 2. The molecule has 0 saturated carbocycles. The van der Waals surface area contributed by atoms with Crippen molar-refractivity contribution in [2.75, 3.05) is 23.9 Å². The second-order valence-electron chi connectivity index (χ2n) is 8.82. The molecule has 3 aromatic rings. The Morgan fingerprint density at radius 1 is 1.06 bits per heavy atom. The highest BCUT2D eigenvalue weighted by atomic mass is 16.5. The van der Waals surface area contributed by atoms with Gasteiger partial charge in [-0.2, -0.15) is 0 Å². The number of fused-ring (bicyclic) bond motifs is 1. The van der Waals surface area contributed by atoms with Gasteiger partial charge in [0, 0.05) is 49.8 Å². The largest absolute Gasteiger partial charge is 0.507 e. The molecule has 5 rings (SSSR count). The van der Waals surface area contributed by atoms with Gasteiger partial charge < -0.3 is 14.7 Å². The number of Topliss-reactive ketones (excluding diaryl/α,β-unsaturated/α-hetero) is 1.